The van der Waals surface area contributed by atoms with Gasteiger partial charge in [-0.15, -0.1) is 0 Å². The van der Waals surface area contributed by atoms with E-state index in [0.717, 1.165) is 0 Å². The van der Waals surface area contributed by atoms with Crippen LogP contribution >= 0.6 is 0 Å². The van der Waals surface area contributed by atoms with Crippen molar-refractivity contribution >= 4 is 0 Å². The fourth-order valence-corrected chi connectivity index (χ4v) is 0. The summed E-state index contributed by atoms with van der Waals surface area (Å²) in [6.07, 6.45) is 0. The number of rotatable bonds is 0. The van der Waals surface area contributed by atoms with Crippen LogP contribution in [0.15, 0.2) is 0 Å². The second kappa shape index (κ2) is 33.2. The van der Waals surface area contributed by atoms with Gasteiger partial charge in [-0.05, 0) is 0 Å². The fourth-order valence-electron chi connectivity index (χ4n) is 0. The van der Waals surface area contributed by atoms with Crippen LogP contribution in [0.25, 0.3) is 0 Å². The molecule has 0 aliphatic heterocycles. The molecule has 0 atom stereocenters. The molecule has 0 saturated carbocycles. The zero-order valence-corrected chi connectivity index (χ0v) is 17.3. The molecule has 0 amide bonds. The van der Waals surface area contributed by atoms with E-state index in [-0.39, 0.29) is 151 Å². The molecule has 0 aliphatic carbocycles. The van der Waals surface area contributed by atoms with Gasteiger partial charge in [0.2, 0.25) is 0 Å². The Hall–Kier alpha value is 4.70. The maximum atomic E-state index is 0. The van der Waals surface area contributed by atoms with Gasteiger partial charge in [0.1, 0.15) is 0 Å². The molecule has 0 aromatic carbocycles. The normalized spacial score (nSPS) is 0. The summed E-state index contributed by atoms with van der Waals surface area (Å²) in [6.45, 7) is 0. The van der Waals surface area contributed by atoms with Crippen molar-refractivity contribution in [2.75, 3.05) is 0 Å². The molecule has 0 unspecified atom stereocenters. The van der Waals surface area contributed by atoms with E-state index in [9.17, 15) is 0 Å². The minimum Gasteiger partial charge on any atom is -1.00 e. The van der Waals surface area contributed by atoms with Gasteiger partial charge in [0.25, 0.3) is 0 Å². The van der Waals surface area contributed by atoms with Crippen molar-refractivity contribution in [2.45, 2.75) is 0 Å². The van der Waals surface area contributed by atoms with Crippen LogP contribution < -0.4 is 120 Å². The van der Waals surface area contributed by atoms with Crippen LogP contribution in [0.4, 0.5) is 0 Å². The molecule has 0 heterocycles. The first-order chi connectivity index (χ1) is 0. The quantitative estimate of drug-likeness (QED) is 0.213. The molecule has 6 heteroatoms. The smallest absolute Gasteiger partial charge is 1.00 e. The minimum atomic E-state index is 0. The molecular formula is I5U. The monoisotopic (exact) mass is 873 g/mol. The largest absolute Gasteiger partial charge is 5.00 e. The van der Waals surface area contributed by atoms with Crippen molar-refractivity contribution in [3.05, 3.63) is 0 Å². The van der Waals surface area contributed by atoms with Crippen molar-refractivity contribution in [1.82, 2.24) is 0 Å². The van der Waals surface area contributed by atoms with Gasteiger partial charge in [0.05, 0.1) is 0 Å². The van der Waals surface area contributed by atoms with Crippen LogP contribution in [0.3, 0.4) is 0 Å². The van der Waals surface area contributed by atoms with Crippen molar-refractivity contribution in [3.63, 3.8) is 0 Å². The first-order valence-electron chi connectivity index (χ1n) is 0. The van der Waals surface area contributed by atoms with E-state index in [0.29, 0.717) is 0 Å². The van der Waals surface area contributed by atoms with Crippen LogP contribution in [0.1, 0.15) is 0 Å². The SMILES string of the molecule is [I-].[I-].[I-].[I-].[I-].[U+5]. The molecule has 0 aromatic heterocycles. The molecule has 0 N–H and O–H groups in total. The van der Waals surface area contributed by atoms with E-state index >= 15 is 0 Å². The van der Waals surface area contributed by atoms with Crippen LogP contribution in [0.2, 0.25) is 0 Å². The Labute approximate surface area is 147 Å². The van der Waals surface area contributed by atoms with E-state index in [1.807, 2.05) is 0 Å². The fraction of sp³-hybridized carbons (Fsp3) is 0. The molecule has 0 nitrogen and oxygen atoms in total. The zero-order valence-electron chi connectivity index (χ0n) is 2.39. The predicted molar refractivity (Wildman–Crippen MR) is 0 cm³/mol. The number of hydrogen-bond acceptors (Lipinski definition) is 0. The maximum absolute atomic E-state index is 0. The Balaban J connectivity index is 0. The predicted octanol–water partition coefficient (Wildman–Crippen LogP) is -15.0. The van der Waals surface area contributed by atoms with E-state index in [4.69, 9.17) is 0 Å². The number of hydrogen-bond donors (Lipinski definition) is 0. The van der Waals surface area contributed by atoms with Gasteiger partial charge >= 0.3 is 31.1 Å². The second-order valence-corrected chi connectivity index (χ2v) is 0. The first-order valence-corrected chi connectivity index (χ1v) is 0. The van der Waals surface area contributed by atoms with Crippen molar-refractivity contribution in [2.24, 2.45) is 0 Å². The summed E-state index contributed by atoms with van der Waals surface area (Å²) < 4.78 is 0. The van der Waals surface area contributed by atoms with E-state index in [1.165, 1.54) is 0 Å². The molecule has 0 rings (SSSR count). The van der Waals surface area contributed by atoms with Crippen molar-refractivity contribution < 1.29 is 151 Å². The summed E-state index contributed by atoms with van der Waals surface area (Å²) in [5, 5.41) is 0. The molecule has 0 aromatic rings. The average molecular weight is 873 g/mol. The Bertz CT molecular complexity index is 3.90. The molecule has 0 spiro atoms. The van der Waals surface area contributed by atoms with Gasteiger partial charge in [-0.2, -0.15) is 0 Å². The molecule has 6 heavy (non-hydrogen) atoms. The molecule has 39 valence electrons. The molecule has 0 fully saturated rings. The van der Waals surface area contributed by atoms with Gasteiger partial charge in [-0.1, -0.05) is 0 Å². The Morgan fingerprint density at radius 2 is 0.333 bits per heavy atom. The summed E-state index contributed by atoms with van der Waals surface area (Å²) in [4.78, 5) is 0. The average Bonchev–Trinajstić information content (AvgIpc) is 0. The van der Waals surface area contributed by atoms with Gasteiger partial charge < -0.3 is 120 Å². The molecule has 0 aliphatic rings. The third-order valence-corrected chi connectivity index (χ3v) is 0. The van der Waals surface area contributed by atoms with E-state index in [1.54, 1.807) is 0 Å². The Morgan fingerprint density at radius 3 is 0.333 bits per heavy atom. The Kier molecular flexibility index (Phi) is 252. The Morgan fingerprint density at radius 1 is 0.333 bits per heavy atom. The van der Waals surface area contributed by atoms with Crippen LogP contribution in [0, 0.1) is 31.1 Å². The standard InChI is InChI=1S/5HI.U/h5*1H;/q;;;;;+5/p-5. The molecular weight excluding hydrogens is 873 g/mol. The second-order valence-electron chi connectivity index (χ2n) is 0. The molecule has 0 bridgehead atoms. The third kappa shape index (κ3) is 23.3. The van der Waals surface area contributed by atoms with Gasteiger partial charge in [0.15, 0.2) is 0 Å². The summed E-state index contributed by atoms with van der Waals surface area (Å²) in [7, 11) is 0. The topological polar surface area (TPSA) is 0 Å². The summed E-state index contributed by atoms with van der Waals surface area (Å²) in [5.41, 5.74) is 0. The third-order valence-electron chi connectivity index (χ3n) is 0. The van der Waals surface area contributed by atoms with Gasteiger partial charge in [-0.3, -0.25) is 0 Å². The van der Waals surface area contributed by atoms with Gasteiger partial charge in [-0.25, -0.2) is 0 Å². The van der Waals surface area contributed by atoms with Gasteiger partial charge in [0, 0.05) is 0 Å². The van der Waals surface area contributed by atoms with Crippen molar-refractivity contribution in [1.29, 1.82) is 0 Å². The van der Waals surface area contributed by atoms with Crippen molar-refractivity contribution in [3.8, 4) is 0 Å². The summed E-state index contributed by atoms with van der Waals surface area (Å²) >= 11 is 0. The minimum absolute atomic E-state index is 0. The van der Waals surface area contributed by atoms with Crippen LogP contribution in [0.5, 0.6) is 0 Å². The molecule has 0 saturated heterocycles. The summed E-state index contributed by atoms with van der Waals surface area (Å²) in [5.74, 6) is 0. The zero-order chi connectivity index (χ0) is 0. The van der Waals surface area contributed by atoms with Crippen LogP contribution in [-0.2, 0) is 0 Å². The van der Waals surface area contributed by atoms with E-state index < -0.39 is 0 Å². The summed E-state index contributed by atoms with van der Waals surface area (Å²) in [6, 6.07) is 0. The van der Waals surface area contributed by atoms with E-state index in [2.05, 4.69) is 0 Å². The number of halogens is 5. The maximum Gasteiger partial charge on any atom is 5.00 e. The van der Waals surface area contributed by atoms with Crippen LogP contribution in [-0.4, -0.2) is 0 Å². The first kappa shape index (κ1) is 45.6. The molecule has 0 radical (unpaired) electrons.